The van der Waals surface area contributed by atoms with E-state index in [4.69, 9.17) is 4.74 Å². The van der Waals surface area contributed by atoms with Gasteiger partial charge in [-0.15, -0.1) is 10.2 Å². The second-order valence-electron chi connectivity index (χ2n) is 7.50. The van der Waals surface area contributed by atoms with Crippen molar-refractivity contribution in [2.45, 2.75) is 25.7 Å². The number of hydrogen-bond acceptors (Lipinski definition) is 5. The summed E-state index contributed by atoms with van der Waals surface area (Å²) in [6.07, 6.45) is 9.16. The number of ether oxygens (including phenoxy) is 1. The Hall–Kier alpha value is -2.11. The molecule has 1 saturated heterocycles. The van der Waals surface area contributed by atoms with Gasteiger partial charge in [0.25, 0.3) is 0 Å². The Bertz CT molecular complexity index is 645. The Morgan fingerprint density at radius 3 is 2.92 bits per heavy atom. The van der Waals surface area contributed by atoms with Crippen LogP contribution in [0.2, 0.25) is 0 Å². The summed E-state index contributed by atoms with van der Waals surface area (Å²) < 4.78 is 5.06. The number of amides is 1. The van der Waals surface area contributed by atoms with Gasteiger partial charge in [-0.2, -0.15) is 0 Å². The summed E-state index contributed by atoms with van der Waals surface area (Å²) in [5.74, 6) is 3.62. The monoisotopic (exact) mass is 342 g/mol. The zero-order valence-electron chi connectivity index (χ0n) is 14.7. The molecule has 1 aromatic heterocycles. The van der Waals surface area contributed by atoms with Gasteiger partial charge in [-0.05, 0) is 49.5 Å². The average molecular weight is 342 g/mol. The van der Waals surface area contributed by atoms with E-state index in [2.05, 4.69) is 32.6 Å². The van der Waals surface area contributed by atoms with Crippen molar-refractivity contribution in [1.29, 1.82) is 0 Å². The van der Waals surface area contributed by atoms with Crippen molar-refractivity contribution in [3.05, 3.63) is 24.3 Å². The lowest BCUT2D eigenvalue weighted by Crippen LogP contribution is -2.44. The minimum atomic E-state index is 0.0341. The number of hydrogen-bond donors (Lipinski definition) is 1. The Morgan fingerprint density at radius 1 is 1.32 bits per heavy atom. The van der Waals surface area contributed by atoms with Crippen molar-refractivity contribution in [3.63, 3.8) is 0 Å². The molecule has 1 aromatic rings. The van der Waals surface area contributed by atoms with Crippen LogP contribution < -0.4 is 15.0 Å². The maximum absolute atomic E-state index is 12.6. The van der Waals surface area contributed by atoms with Crippen molar-refractivity contribution in [2.75, 3.05) is 31.6 Å². The lowest BCUT2D eigenvalue weighted by molar-refractivity contribution is -0.125. The fraction of sp³-hybridized carbons (Fsp3) is 0.632. The summed E-state index contributed by atoms with van der Waals surface area (Å²) in [6.45, 7) is 2.45. The number of carbonyl (C=O) groups is 1. The number of methoxy groups -OCH3 is 1. The quantitative estimate of drug-likeness (QED) is 0.830. The highest BCUT2D eigenvalue weighted by atomic mass is 16.5. The summed E-state index contributed by atoms with van der Waals surface area (Å²) in [7, 11) is 1.58. The Kier molecular flexibility index (Phi) is 4.59. The highest BCUT2D eigenvalue weighted by Gasteiger charge is 2.36. The van der Waals surface area contributed by atoms with Crippen LogP contribution in [0.15, 0.2) is 24.3 Å². The summed E-state index contributed by atoms with van der Waals surface area (Å²) in [5, 5.41) is 11.5. The van der Waals surface area contributed by atoms with Gasteiger partial charge >= 0.3 is 0 Å². The lowest BCUT2D eigenvalue weighted by Gasteiger charge is -2.33. The molecule has 134 valence electrons. The average Bonchev–Trinajstić information content (AvgIpc) is 3.29. The van der Waals surface area contributed by atoms with E-state index in [0.29, 0.717) is 24.3 Å². The molecule has 3 aliphatic rings. The summed E-state index contributed by atoms with van der Waals surface area (Å²) in [4.78, 5) is 14.8. The molecule has 25 heavy (non-hydrogen) atoms. The van der Waals surface area contributed by atoms with Crippen molar-refractivity contribution >= 4 is 11.7 Å². The first-order valence-corrected chi connectivity index (χ1v) is 9.31. The molecule has 0 radical (unpaired) electrons. The van der Waals surface area contributed by atoms with Gasteiger partial charge < -0.3 is 15.0 Å². The number of piperidine rings is 1. The van der Waals surface area contributed by atoms with Gasteiger partial charge in [0.05, 0.1) is 13.0 Å². The molecule has 0 unspecified atom stereocenters. The minimum Gasteiger partial charge on any atom is -0.480 e. The van der Waals surface area contributed by atoms with Gasteiger partial charge in [-0.3, -0.25) is 4.79 Å². The maximum atomic E-state index is 12.6. The number of nitrogens with one attached hydrogen (secondary N) is 1. The second kappa shape index (κ2) is 7.02. The molecule has 1 amide bonds. The number of fused-ring (bicyclic) bond motifs is 2. The molecule has 2 bridgehead atoms. The summed E-state index contributed by atoms with van der Waals surface area (Å²) in [5.41, 5.74) is 0. The first kappa shape index (κ1) is 16.4. The number of nitrogens with zero attached hydrogens (tertiary/aromatic N) is 3. The molecule has 6 heteroatoms. The summed E-state index contributed by atoms with van der Waals surface area (Å²) >= 11 is 0. The van der Waals surface area contributed by atoms with Gasteiger partial charge in [-0.1, -0.05) is 12.2 Å². The van der Waals surface area contributed by atoms with E-state index in [1.165, 1.54) is 12.8 Å². The van der Waals surface area contributed by atoms with E-state index in [1.54, 1.807) is 7.11 Å². The van der Waals surface area contributed by atoms with Crippen LogP contribution in [0, 0.1) is 23.7 Å². The van der Waals surface area contributed by atoms with Gasteiger partial charge in [0.1, 0.15) is 0 Å². The Morgan fingerprint density at radius 2 is 2.24 bits per heavy atom. The van der Waals surface area contributed by atoms with E-state index in [0.717, 1.165) is 37.7 Å². The number of allylic oxidation sites excluding steroid dienone is 2. The first-order chi connectivity index (χ1) is 12.2. The molecule has 0 spiro atoms. The zero-order chi connectivity index (χ0) is 17.2. The zero-order valence-corrected chi connectivity index (χ0v) is 14.7. The van der Waals surface area contributed by atoms with Gasteiger partial charge in [-0.25, -0.2) is 0 Å². The third-order valence-electron chi connectivity index (χ3n) is 5.91. The molecular weight excluding hydrogens is 316 g/mol. The Labute approximate surface area is 148 Å². The van der Waals surface area contributed by atoms with Crippen LogP contribution in [-0.2, 0) is 4.79 Å². The molecule has 0 aromatic carbocycles. The van der Waals surface area contributed by atoms with Crippen LogP contribution in [0.4, 0.5) is 5.82 Å². The van der Waals surface area contributed by atoms with E-state index >= 15 is 0 Å². The highest BCUT2D eigenvalue weighted by molar-refractivity contribution is 5.79. The third kappa shape index (κ3) is 3.48. The topological polar surface area (TPSA) is 67.3 Å². The van der Waals surface area contributed by atoms with Crippen LogP contribution >= 0.6 is 0 Å². The molecule has 4 atom stereocenters. The standard InChI is InChI=1S/C19H26N4O2/c1-25-18-7-6-17(21-22-18)23-8-2-3-15(12-23)19(24)20-11-16-10-13-4-5-14(16)9-13/h4-7,13-16H,2-3,8-12H2,1H3,(H,20,24)/t13-,14-,15-,16-/m0/s1. The molecular formula is C19H26N4O2. The minimum absolute atomic E-state index is 0.0341. The molecule has 6 nitrogen and oxygen atoms in total. The fourth-order valence-corrected chi connectivity index (χ4v) is 4.50. The maximum Gasteiger partial charge on any atom is 0.233 e. The lowest BCUT2D eigenvalue weighted by atomic mass is 9.92. The smallest absolute Gasteiger partial charge is 0.233 e. The van der Waals surface area contributed by atoms with Crippen molar-refractivity contribution in [2.24, 2.45) is 23.7 Å². The predicted molar refractivity (Wildman–Crippen MR) is 95.4 cm³/mol. The fourth-order valence-electron chi connectivity index (χ4n) is 4.50. The van der Waals surface area contributed by atoms with Gasteiger partial charge in [0.2, 0.25) is 11.8 Å². The molecule has 1 saturated carbocycles. The molecule has 1 N–H and O–H groups in total. The summed E-state index contributed by atoms with van der Waals surface area (Å²) in [6, 6.07) is 3.72. The van der Waals surface area contributed by atoms with Crippen molar-refractivity contribution in [1.82, 2.24) is 15.5 Å². The molecule has 4 rings (SSSR count). The van der Waals surface area contributed by atoms with Crippen LogP contribution in [0.3, 0.4) is 0 Å². The normalized spacial score (nSPS) is 30.5. The van der Waals surface area contributed by atoms with E-state index in [9.17, 15) is 4.79 Å². The molecule has 1 aliphatic heterocycles. The Balaban J connectivity index is 1.31. The van der Waals surface area contributed by atoms with Crippen molar-refractivity contribution in [3.8, 4) is 5.88 Å². The number of aromatic nitrogens is 2. The van der Waals surface area contributed by atoms with Crippen molar-refractivity contribution < 1.29 is 9.53 Å². The van der Waals surface area contributed by atoms with Crippen LogP contribution in [0.1, 0.15) is 25.7 Å². The molecule has 2 fully saturated rings. The van der Waals surface area contributed by atoms with E-state index < -0.39 is 0 Å². The largest absolute Gasteiger partial charge is 0.480 e. The van der Waals surface area contributed by atoms with E-state index in [-0.39, 0.29) is 11.8 Å². The van der Waals surface area contributed by atoms with Crippen LogP contribution in [0.25, 0.3) is 0 Å². The molecule has 2 heterocycles. The second-order valence-corrected chi connectivity index (χ2v) is 7.50. The van der Waals surface area contributed by atoms with Crippen LogP contribution in [0.5, 0.6) is 5.88 Å². The number of anilines is 1. The number of carbonyl (C=O) groups excluding carboxylic acids is 1. The highest BCUT2D eigenvalue weighted by Crippen LogP contribution is 2.43. The SMILES string of the molecule is COc1ccc(N2CCC[C@H](C(=O)NC[C@@H]3C[C@H]4C=C[C@H]3C4)C2)nn1. The van der Waals surface area contributed by atoms with Crippen LogP contribution in [-0.4, -0.2) is 42.8 Å². The van der Waals surface area contributed by atoms with Gasteiger partial charge in [0, 0.05) is 25.7 Å². The first-order valence-electron chi connectivity index (χ1n) is 9.31. The predicted octanol–water partition coefficient (Wildman–Crippen LogP) is 2.03. The number of rotatable bonds is 5. The molecule has 2 aliphatic carbocycles. The van der Waals surface area contributed by atoms with E-state index in [1.807, 2.05) is 12.1 Å². The van der Waals surface area contributed by atoms with Gasteiger partial charge in [0.15, 0.2) is 5.82 Å². The third-order valence-corrected chi connectivity index (χ3v) is 5.91.